The quantitative estimate of drug-likeness (QED) is 0.597. The fourth-order valence-electron chi connectivity index (χ4n) is 4.01. The summed E-state index contributed by atoms with van der Waals surface area (Å²) >= 11 is 0. The van der Waals surface area contributed by atoms with Crippen molar-refractivity contribution in [3.63, 3.8) is 0 Å². The Morgan fingerprint density at radius 1 is 1.16 bits per heavy atom. The summed E-state index contributed by atoms with van der Waals surface area (Å²) in [5, 5.41) is 0. The third-order valence-electron chi connectivity index (χ3n) is 4.97. The summed E-state index contributed by atoms with van der Waals surface area (Å²) < 4.78 is 9.75. The normalized spacial score (nSPS) is 29.1. The highest BCUT2D eigenvalue weighted by Crippen LogP contribution is 2.75. The molecule has 0 heterocycles. The molecule has 2 atom stereocenters. The number of carbonyl (C=O) groups excluding carboxylic acids is 2. The lowest BCUT2D eigenvalue weighted by molar-refractivity contribution is -0.163. The van der Waals surface area contributed by atoms with E-state index in [-0.39, 0.29) is 5.92 Å². The molecule has 0 N–H and O–H groups in total. The molecule has 4 heteroatoms. The van der Waals surface area contributed by atoms with Crippen molar-refractivity contribution in [1.29, 1.82) is 0 Å². The average molecular weight is 260 g/mol. The van der Waals surface area contributed by atoms with Crippen LogP contribution in [0.5, 0.6) is 0 Å². The average Bonchev–Trinajstić information content (AvgIpc) is 2.84. The van der Waals surface area contributed by atoms with Crippen LogP contribution in [0.2, 0.25) is 0 Å². The maximum atomic E-state index is 12.2. The van der Waals surface area contributed by atoms with Crippen molar-refractivity contribution >= 4 is 11.9 Å². The van der Waals surface area contributed by atoms with Crippen molar-refractivity contribution in [3.05, 3.63) is 35.4 Å². The van der Waals surface area contributed by atoms with Gasteiger partial charge in [0.1, 0.15) is 0 Å². The van der Waals surface area contributed by atoms with E-state index in [0.29, 0.717) is 0 Å². The molecule has 0 bridgehead atoms. The number of benzene rings is 1. The number of ether oxygens (including phenoxy) is 2. The first-order valence-electron chi connectivity index (χ1n) is 6.30. The maximum absolute atomic E-state index is 12.2. The second kappa shape index (κ2) is 3.59. The molecule has 19 heavy (non-hydrogen) atoms. The molecule has 1 aromatic rings. The van der Waals surface area contributed by atoms with Crippen LogP contribution in [0.1, 0.15) is 18.1 Å². The van der Waals surface area contributed by atoms with Crippen LogP contribution in [-0.2, 0) is 30.9 Å². The number of methoxy groups -OCH3 is 2. The van der Waals surface area contributed by atoms with E-state index in [0.717, 1.165) is 12.0 Å². The van der Waals surface area contributed by atoms with Gasteiger partial charge in [-0.25, -0.2) is 0 Å². The van der Waals surface area contributed by atoms with Gasteiger partial charge in [-0.2, -0.15) is 0 Å². The number of rotatable bonds is 2. The van der Waals surface area contributed by atoms with Crippen molar-refractivity contribution in [3.8, 4) is 0 Å². The first-order chi connectivity index (χ1) is 9.05. The summed E-state index contributed by atoms with van der Waals surface area (Å²) in [6.45, 7) is 1.96. The molecule has 3 rings (SSSR count). The Balaban J connectivity index is 2.15. The second-order valence-corrected chi connectivity index (χ2v) is 5.41. The van der Waals surface area contributed by atoms with E-state index in [9.17, 15) is 9.59 Å². The van der Waals surface area contributed by atoms with Crippen LogP contribution in [0.4, 0.5) is 0 Å². The van der Waals surface area contributed by atoms with Gasteiger partial charge in [-0.1, -0.05) is 31.2 Å². The molecule has 0 aliphatic heterocycles. The SMILES string of the molecule is COC(=O)C1(C(=O)OC)[C@H]2Cc3ccccc3[C@]21C. The van der Waals surface area contributed by atoms with E-state index < -0.39 is 22.8 Å². The van der Waals surface area contributed by atoms with Gasteiger partial charge >= 0.3 is 11.9 Å². The zero-order chi connectivity index (χ0) is 13.8. The van der Waals surface area contributed by atoms with Crippen LogP contribution in [0.15, 0.2) is 24.3 Å². The highest BCUT2D eigenvalue weighted by atomic mass is 16.5. The molecule has 0 spiro atoms. The number of fused-ring (bicyclic) bond motifs is 3. The largest absolute Gasteiger partial charge is 0.468 e. The molecule has 1 fully saturated rings. The standard InChI is InChI=1S/C15H16O4/c1-14-10-7-5-4-6-9(10)8-11(14)15(14,12(16)18-2)13(17)19-3/h4-7,11H,8H2,1-3H3/t11-,14+/m0/s1. The topological polar surface area (TPSA) is 52.6 Å². The van der Waals surface area contributed by atoms with Gasteiger partial charge in [0.05, 0.1) is 14.2 Å². The number of hydrogen-bond donors (Lipinski definition) is 0. The zero-order valence-corrected chi connectivity index (χ0v) is 11.2. The summed E-state index contributed by atoms with van der Waals surface area (Å²) in [6.07, 6.45) is 0.719. The Morgan fingerprint density at radius 2 is 1.74 bits per heavy atom. The van der Waals surface area contributed by atoms with Crippen LogP contribution in [0.3, 0.4) is 0 Å². The van der Waals surface area contributed by atoms with Crippen LogP contribution in [-0.4, -0.2) is 26.2 Å². The lowest BCUT2D eigenvalue weighted by Gasteiger charge is -2.21. The fourth-order valence-corrected chi connectivity index (χ4v) is 4.01. The monoisotopic (exact) mass is 260 g/mol. The lowest BCUT2D eigenvalue weighted by Crippen LogP contribution is -2.36. The van der Waals surface area contributed by atoms with Gasteiger partial charge in [0.25, 0.3) is 0 Å². The Hall–Kier alpha value is -1.84. The number of esters is 2. The van der Waals surface area contributed by atoms with Crippen molar-refractivity contribution in [2.45, 2.75) is 18.8 Å². The predicted octanol–water partition coefficient (Wildman–Crippen LogP) is 1.46. The first-order valence-corrected chi connectivity index (χ1v) is 6.30. The zero-order valence-electron chi connectivity index (χ0n) is 11.2. The van der Waals surface area contributed by atoms with Gasteiger partial charge in [0, 0.05) is 11.3 Å². The van der Waals surface area contributed by atoms with Crippen LogP contribution >= 0.6 is 0 Å². The van der Waals surface area contributed by atoms with E-state index >= 15 is 0 Å². The lowest BCUT2D eigenvalue weighted by atomic mass is 9.84. The van der Waals surface area contributed by atoms with Crippen LogP contribution in [0, 0.1) is 11.3 Å². The van der Waals surface area contributed by atoms with E-state index in [4.69, 9.17) is 9.47 Å². The maximum Gasteiger partial charge on any atom is 0.324 e. The summed E-state index contributed by atoms with van der Waals surface area (Å²) in [7, 11) is 2.63. The summed E-state index contributed by atoms with van der Waals surface area (Å²) in [5.74, 6) is -1.03. The van der Waals surface area contributed by atoms with Crippen LogP contribution in [0.25, 0.3) is 0 Å². The van der Waals surface area contributed by atoms with Gasteiger partial charge in [-0.05, 0) is 17.5 Å². The minimum atomic E-state index is -1.16. The second-order valence-electron chi connectivity index (χ2n) is 5.41. The molecule has 2 aliphatic carbocycles. The molecule has 2 aliphatic rings. The molecule has 0 unspecified atom stereocenters. The van der Waals surface area contributed by atoms with Crippen molar-refractivity contribution in [1.82, 2.24) is 0 Å². The molecular formula is C15H16O4. The molecule has 1 saturated carbocycles. The third-order valence-corrected chi connectivity index (χ3v) is 4.97. The molecule has 100 valence electrons. The summed E-state index contributed by atoms with van der Waals surface area (Å²) in [4.78, 5) is 24.4. The minimum Gasteiger partial charge on any atom is -0.468 e. The van der Waals surface area contributed by atoms with Gasteiger partial charge in [0.15, 0.2) is 5.41 Å². The fraction of sp³-hybridized carbons (Fsp3) is 0.467. The Bertz CT molecular complexity index is 561. The highest BCUT2D eigenvalue weighted by Gasteiger charge is 2.86. The predicted molar refractivity (Wildman–Crippen MR) is 67.5 cm³/mol. The van der Waals surface area contributed by atoms with Gasteiger partial charge in [0.2, 0.25) is 0 Å². The molecule has 1 aromatic carbocycles. The number of hydrogen-bond acceptors (Lipinski definition) is 4. The molecule has 0 saturated heterocycles. The third kappa shape index (κ3) is 1.10. The highest BCUT2D eigenvalue weighted by molar-refractivity contribution is 6.08. The summed E-state index contributed by atoms with van der Waals surface area (Å²) in [6, 6.07) is 7.95. The van der Waals surface area contributed by atoms with Crippen LogP contribution < -0.4 is 0 Å². The van der Waals surface area contributed by atoms with E-state index in [2.05, 4.69) is 0 Å². The molecular weight excluding hydrogens is 244 g/mol. The van der Waals surface area contributed by atoms with E-state index in [1.165, 1.54) is 19.8 Å². The molecule has 0 aromatic heterocycles. The summed E-state index contributed by atoms with van der Waals surface area (Å²) in [5.41, 5.74) is 0.614. The van der Waals surface area contributed by atoms with Gasteiger partial charge < -0.3 is 9.47 Å². The first kappa shape index (κ1) is 12.2. The van der Waals surface area contributed by atoms with E-state index in [1.54, 1.807) is 0 Å². The molecule has 0 amide bonds. The van der Waals surface area contributed by atoms with Crippen molar-refractivity contribution in [2.24, 2.45) is 11.3 Å². The minimum absolute atomic E-state index is 0.0581. The van der Waals surface area contributed by atoms with Gasteiger partial charge in [-0.15, -0.1) is 0 Å². The molecule has 4 nitrogen and oxygen atoms in total. The molecule has 0 radical (unpaired) electrons. The van der Waals surface area contributed by atoms with Crippen molar-refractivity contribution < 1.29 is 19.1 Å². The van der Waals surface area contributed by atoms with Crippen molar-refractivity contribution in [2.75, 3.05) is 14.2 Å². The Labute approximate surface area is 111 Å². The van der Waals surface area contributed by atoms with Gasteiger partial charge in [-0.3, -0.25) is 9.59 Å². The van der Waals surface area contributed by atoms with E-state index in [1.807, 2.05) is 31.2 Å². The smallest absolute Gasteiger partial charge is 0.324 e. The Morgan fingerprint density at radius 3 is 2.32 bits per heavy atom. The number of carbonyl (C=O) groups is 2. The Kier molecular flexibility index (Phi) is 2.31.